The fourth-order valence-corrected chi connectivity index (χ4v) is 2.40. The first-order chi connectivity index (χ1) is 7.76. The molecule has 1 heterocycles. The van der Waals surface area contributed by atoms with E-state index in [1.165, 1.54) is 12.8 Å². The summed E-state index contributed by atoms with van der Waals surface area (Å²) in [5, 5.41) is 4.37. The third-order valence-corrected chi connectivity index (χ3v) is 3.34. The molecule has 0 fully saturated rings. The van der Waals surface area contributed by atoms with Crippen molar-refractivity contribution in [2.24, 2.45) is 0 Å². The van der Waals surface area contributed by atoms with Crippen molar-refractivity contribution in [2.75, 3.05) is 12.3 Å². The molecule has 0 amide bonds. The molecule has 0 aliphatic heterocycles. The summed E-state index contributed by atoms with van der Waals surface area (Å²) in [5.74, 6) is 1.05. The quantitative estimate of drug-likeness (QED) is 0.586. The first-order valence-electron chi connectivity index (χ1n) is 5.91. The average Bonchev–Trinajstić information content (AvgIpc) is 2.29. The molecule has 90 valence electrons. The molecular weight excluding hydrogens is 218 g/mol. The van der Waals surface area contributed by atoms with Gasteiger partial charge in [-0.1, -0.05) is 32.0 Å². The Kier molecular flexibility index (Phi) is 6.42. The van der Waals surface area contributed by atoms with Crippen molar-refractivity contribution in [2.45, 2.75) is 44.8 Å². The lowest BCUT2D eigenvalue weighted by Crippen LogP contribution is -2.30. The van der Waals surface area contributed by atoms with Crippen LogP contribution in [0.2, 0.25) is 0 Å². The number of aryl methyl sites for hydroxylation is 1. The second-order valence-electron chi connectivity index (χ2n) is 3.90. The summed E-state index contributed by atoms with van der Waals surface area (Å²) in [6.07, 6.45) is 6.18. The molecule has 1 N–H and O–H groups in total. The normalized spacial score (nSPS) is 12.7. The molecule has 1 aromatic rings. The number of aromatic nitrogens is 2. The van der Waals surface area contributed by atoms with E-state index >= 15 is 0 Å². The number of hydrogen-bond donors (Lipinski definition) is 1. The van der Waals surface area contributed by atoms with E-state index in [0.29, 0.717) is 6.04 Å². The molecule has 0 aliphatic carbocycles. The first-order valence-corrected chi connectivity index (χ1v) is 6.89. The summed E-state index contributed by atoms with van der Waals surface area (Å²) < 4.78 is 0. The van der Waals surface area contributed by atoms with E-state index in [2.05, 4.69) is 29.1 Å². The highest BCUT2D eigenvalue weighted by Gasteiger charge is 2.07. The van der Waals surface area contributed by atoms with Gasteiger partial charge in [-0.25, -0.2) is 9.97 Å². The Morgan fingerprint density at radius 2 is 2.00 bits per heavy atom. The van der Waals surface area contributed by atoms with Gasteiger partial charge in [-0.15, -0.1) is 0 Å². The number of hydrogen-bond acceptors (Lipinski definition) is 4. The van der Waals surface area contributed by atoms with Crippen molar-refractivity contribution in [3.8, 4) is 0 Å². The lowest BCUT2D eigenvalue weighted by Gasteiger charge is -2.15. The number of thioether (sulfide) groups is 1. The van der Waals surface area contributed by atoms with E-state index in [9.17, 15) is 0 Å². The molecule has 0 radical (unpaired) electrons. The van der Waals surface area contributed by atoms with E-state index < -0.39 is 0 Å². The van der Waals surface area contributed by atoms with E-state index in [1.807, 2.05) is 19.3 Å². The zero-order valence-electron chi connectivity index (χ0n) is 10.4. The molecule has 1 aromatic heterocycles. The summed E-state index contributed by atoms with van der Waals surface area (Å²) in [5.41, 5.74) is 1.11. The average molecular weight is 239 g/mol. The van der Waals surface area contributed by atoms with Crippen LogP contribution in [0.15, 0.2) is 17.6 Å². The highest BCUT2D eigenvalue weighted by atomic mass is 32.2. The molecule has 0 aromatic carbocycles. The van der Waals surface area contributed by atoms with Crippen molar-refractivity contribution in [3.63, 3.8) is 0 Å². The Balaban J connectivity index is 2.38. The predicted molar refractivity (Wildman–Crippen MR) is 69.9 cm³/mol. The summed E-state index contributed by atoms with van der Waals surface area (Å²) in [4.78, 5) is 8.59. The van der Waals surface area contributed by atoms with Crippen molar-refractivity contribution in [3.05, 3.63) is 18.0 Å². The lowest BCUT2D eigenvalue weighted by atomic mass is 10.2. The molecule has 0 aliphatic rings. The van der Waals surface area contributed by atoms with Gasteiger partial charge in [-0.05, 0) is 25.5 Å². The smallest absolute Gasteiger partial charge is 0.187 e. The molecular formula is C12H21N3S. The monoisotopic (exact) mass is 239 g/mol. The minimum absolute atomic E-state index is 0.574. The predicted octanol–water partition coefficient (Wildman–Crippen LogP) is 2.66. The number of rotatable bonds is 7. The third kappa shape index (κ3) is 4.94. The Bertz CT molecular complexity index is 281. The molecule has 0 spiro atoms. The molecule has 3 nitrogen and oxygen atoms in total. The molecule has 16 heavy (non-hydrogen) atoms. The van der Waals surface area contributed by atoms with Crippen LogP contribution >= 0.6 is 11.8 Å². The third-order valence-electron chi connectivity index (χ3n) is 2.30. The largest absolute Gasteiger partial charge is 0.313 e. The van der Waals surface area contributed by atoms with Crippen LogP contribution in [0.25, 0.3) is 0 Å². The minimum atomic E-state index is 0.574. The van der Waals surface area contributed by atoms with Crippen LogP contribution in [0.5, 0.6) is 0 Å². The Hall–Kier alpha value is -0.610. The van der Waals surface area contributed by atoms with Crippen molar-refractivity contribution >= 4 is 11.8 Å². The molecule has 1 unspecified atom stereocenters. The number of nitrogens with zero attached hydrogens (tertiary/aromatic N) is 2. The van der Waals surface area contributed by atoms with Gasteiger partial charge in [-0.2, -0.15) is 0 Å². The highest BCUT2D eigenvalue weighted by molar-refractivity contribution is 7.99. The van der Waals surface area contributed by atoms with Crippen molar-refractivity contribution in [1.82, 2.24) is 15.3 Å². The standard InChI is InChI=1S/C12H21N3S/c1-4-6-11(13-5-2)9-16-12-14-7-10(3)8-15-12/h7-8,11,13H,4-6,9H2,1-3H3. The Morgan fingerprint density at radius 3 is 2.56 bits per heavy atom. The van der Waals surface area contributed by atoms with Crippen LogP contribution in [0.1, 0.15) is 32.3 Å². The Morgan fingerprint density at radius 1 is 1.31 bits per heavy atom. The van der Waals surface area contributed by atoms with E-state index in [0.717, 1.165) is 23.0 Å². The maximum absolute atomic E-state index is 4.29. The van der Waals surface area contributed by atoms with Gasteiger partial charge in [0.2, 0.25) is 0 Å². The zero-order chi connectivity index (χ0) is 11.8. The highest BCUT2D eigenvalue weighted by Crippen LogP contribution is 2.15. The first kappa shape index (κ1) is 13.5. The SMILES string of the molecule is CCCC(CSc1ncc(C)cn1)NCC. The molecule has 0 bridgehead atoms. The second-order valence-corrected chi connectivity index (χ2v) is 4.88. The zero-order valence-corrected chi connectivity index (χ0v) is 11.2. The van der Waals surface area contributed by atoms with Crippen molar-refractivity contribution < 1.29 is 0 Å². The number of nitrogens with one attached hydrogen (secondary N) is 1. The van der Waals surface area contributed by atoms with E-state index in [1.54, 1.807) is 11.8 Å². The van der Waals surface area contributed by atoms with Gasteiger partial charge in [-0.3, -0.25) is 0 Å². The van der Waals surface area contributed by atoms with Gasteiger partial charge in [0.25, 0.3) is 0 Å². The van der Waals surface area contributed by atoms with Crippen LogP contribution in [0, 0.1) is 6.92 Å². The van der Waals surface area contributed by atoms with E-state index in [-0.39, 0.29) is 0 Å². The summed E-state index contributed by atoms with van der Waals surface area (Å²) >= 11 is 1.73. The van der Waals surface area contributed by atoms with Crippen LogP contribution in [-0.4, -0.2) is 28.3 Å². The Labute approximate surface area is 102 Å². The molecule has 0 saturated heterocycles. The molecule has 0 saturated carbocycles. The van der Waals surface area contributed by atoms with Crippen LogP contribution in [0.4, 0.5) is 0 Å². The van der Waals surface area contributed by atoms with Gasteiger partial charge in [0.15, 0.2) is 5.16 Å². The fourth-order valence-electron chi connectivity index (χ4n) is 1.51. The van der Waals surface area contributed by atoms with Gasteiger partial charge >= 0.3 is 0 Å². The molecule has 1 rings (SSSR count). The summed E-state index contributed by atoms with van der Waals surface area (Å²) in [6, 6.07) is 0.574. The minimum Gasteiger partial charge on any atom is -0.313 e. The van der Waals surface area contributed by atoms with Crippen LogP contribution in [-0.2, 0) is 0 Å². The fraction of sp³-hybridized carbons (Fsp3) is 0.667. The molecule has 4 heteroatoms. The van der Waals surface area contributed by atoms with Gasteiger partial charge in [0, 0.05) is 24.2 Å². The van der Waals surface area contributed by atoms with Crippen LogP contribution in [0.3, 0.4) is 0 Å². The summed E-state index contributed by atoms with van der Waals surface area (Å²) in [7, 11) is 0. The van der Waals surface area contributed by atoms with Crippen LogP contribution < -0.4 is 5.32 Å². The second kappa shape index (κ2) is 7.63. The van der Waals surface area contributed by atoms with Gasteiger partial charge in [0.1, 0.15) is 0 Å². The van der Waals surface area contributed by atoms with Crippen molar-refractivity contribution in [1.29, 1.82) is 0 Å². The summed E-state index contributed by atoms with van der Waals surface area (Å²) in [6.45, 7) is 7.40. The van der Waals surface area contributed by atoms with Gasteiger partial charge < -0.3 is 5.32 Å². The van der Waals surface area contributed by atoms with E-state index in [4.69, 9.17) is 0 Å². The lowest BCUT2D eigenvalue weighted by molar-refractivity contribution is 0.531. The molecule has 1 atom stereocenters. The maximum Gasteiger partial charge on any atom is 0.187 e. The maximum atomic E-state index is 4.29. The topological polar surface area (TPSA) is 37.8 Å². The van der Waals surface area contributed by atoms with Gasteiger partial charge in [0.05, 0.1) is 0 Å².